The molecule has 1 amide bonds. The predicted molar refractivity (Wildman–Crippen MR) is 70.5 cm³/mol. The van der Waals surface area contributed by atoms with Gasteiger partial charge in [0.1, 0.15) is 0 Å². The number of hydrogen-bond acceptors (Lipinski definition) is 3. The molecule has 1 aliphatic rings. The zero-order valence-corrected chi connectivity index (χ0v) is 10.0. The van der Waals surface area contributed by atoms with E-state index in [2.05, 4.69) is 17.4 Å². The van der Waals surface area contributed by atoms with Crippen LogP contribution in [0.25, 0.3) is 10.4 Å². The Kier molecular flexibility index (Phi) is 2.37. The van der Waals surface area contributed by atoms with Crippen molar-refractivity contribution in [2.45, 2.75) is 6.42 Å². The second-order valence-electron chi connectivity index (χ2n) is 4.05. The number of nitrogens with two attached hydrogens (primary N) is 1. The highest BCUT2D eigenvalue weighted by Crippen LogP contribution is 2.38. The van der Waals surface area contributed by atoms with Crippen molar-refractivity contribution in [1.29, 1.82) is 0 Å². The van der Waals surface area contributed by atoms with Crippen LogP contribution in [0.1, 0.15) is 15.2 Å². The minimum absolute atomic E-state index is 0.339. The fourth-order valence-electron chi connectivity index (χ4n) is 2.13. The molecule has 0 aliphatic carbocycles. The molecule has 1 aromatic carbocycles. The van der Waals surface area contributed by atoms with Crippen molar-refractivity contribution in [2.24, 2.45) is 5.73 Å². The molecule has 0 bridgehead atoms. The van der Waals surface area contributed by atoms with Crippen LogP contribution in [0.5, 0.6) is 0 Å². The zero-order valence-electron chi connectivity index (χ0n) is 9.19. The van der Waals surface area contributed by atoms with Gasteiger partial charge in [-0.3, -0.25) is 4.79 Å². The molecule has 2 aromatic rings. The number of amides is 1. The number of benzene rings is 1. The van der Waals surface area contributed by atoms with Crippen LogP contribution in [0, 0.1) is 0 Å². The summed E-state index contributed by atoms with van der Waals surface area (Å²) in [5.41, 5.74) is 8.84. The van der Waals surface area contributed by atoms with E-state index in [0.717, 1.165) is 24.2 Å². The summed E-state index contributed by atoms with van der Waals surface area (Å²) in [7, 11) is 0. The van der Waals surface area contributed by atoms with Crippen molar-refractivity contribution in [3.05, 3.63) is 40.8 Å². The van der Waals surface area contributed by atoms with Gasteiger partial charge in [0.2, 0.25) is 0 Å². The number of primary amides is 1. The summed E-state index contributed by atoms with van der Waals surface area (Å²) in [5.74, 6) is -0.339. The standard InChI is InChI=1S/C13H12N2OS/c14-13(16)11-7-8-5-6-15-10-4-2-1-3-9(10)12(8)17-11/h1-4,7,15H,5-6H2,(H2,14,16). The first-order chi connectivity index (χ1) is 8.25. The maximum atomic E-state index is 11.2. The van der Waals surface area contributed by atoms with Crippen LogP contribution in [-0.4, -0.2) is 12.5 Å². The van der Waals surface area contributed by atoms with Gasteiger partial charge >= 0.3 is 0 Å². The van der Waals surface area contributed by atoms with Crippen LogP contribution < -0.4 is 11.1 Å². The maximum Gasteiger partial charge on any atom is 0.258 e. The minimum Gasteiger partial charge on any atom is -0.384 e. The molecule has 0 spiro atoms. The van der Waals surface area contributed by atoms with Crippen LogP contribution in [0.15, 0.2) is 30.3 Å². The van der Waals surface area contributed by atoms with Crippen molar-refractivity contribution >= 4 is 22.9 Å². The second kappa shape index (κ2) is 3.89. The number of carbonyl (C=O) groups excluding carboxylic acids is 1. The molecule has 4 heteroatoms. The third kappa shape index (κ3) is 1.70. The third-order valence-corrected chi connectivity index (χ3v) is 4.16. The normalized spacial score (nSPS) is 13.2. The molecule has 0 radical (unpaired) electrons. The lowest BCUT2D eigenvalue weighted by molar-refractivity contribution is 0.100. The quantitative estimate of drug-likeness (QED) is 0.809. The molecule has 17 heavy (non-hydrogen) atoms. The van der Waals surface area contributed by atoms with E-state index in [1.54, 1.807) is 0 Å². The highest BCUT2D eigenvalue weighted by Gasteiger charge is 2.18. The highest BCUT2D eigenvalue weighted by atomic mass is 32.1. The summed E-state index contributed by atoms with van der Waals surface area (Å²) >= 11 is 1.48. The molecule has 1 aromatic heterocycles. The number of nitrogens with one attached hydrogen (secondary N) is 1. The lowest BCUT2D eigenvalue weighted by Crippen LogP contribution is -2.08. The first-order valence-electron chi connectivity index (χ1n) is 5.51. The molecule has 2 heterocycles. The molecule has 3 rings (SSSR count). The fourth-order valence-corrected chi connectivity index (χ4v) is 3.23. The summed E-state index contributed by atoms with van der Waals surface area (Å²) in [4.78, 5) is 13.0. The SMILES string of the molecule is NC(=O)c1cc2c(s1)-c1ccccc1NCC2. The lowest BCUT2D eigenvalue weighted by Gasteiger charge is -2.06. The largest absolute Gasteiger partial charge is 0.384 e. The molecule has 0 atom stereocenters. The molecule has 0 unspecified atom stereocenters. The number of fused-ring (bicyclic) bond motifs is 3. The van der Waals surface area contributed by atoms with Gasteiger partial charge < -0.3 is 11.1 Å². The Morgan fingerprint density at radius 2 is 2.18 bits per heavy atom. The minimum atomic E-state index is -0.339. The Morgan fingerprint density at radius 1 is 1.35 bits per heavy atom. The number of thiophene rings is 1. The Hall–Kier alpha value is -1.81. The molecule has 0 saturated carbocycles. The monoisotopic (exact) mass is 244 g/mol. The Labute approximate surface area is 103 Å². The maximum absolute atomic E-state index is 11.2. The number of carbonyl (C=O) groups is 1. The highest BCUT2D eigenvalue weighted by molar-refractivity contribution is 7.17. The number of rotatable bonds is 1. The summed E-state index contributed by atoms with van der Waals surface area (Å²) in [5, 5.41) is 3.40. The van der Waals surface area contributed by atoms with E-state index >= 15 is 0 Å². The number of anilines is 1. The zero-order chi connectivity index (χ0) is 11.8. The van der Waals surface area contributed by atoms with E-state index in [9.17, 15) is 4.79 Å². The van der Waals surface area contributed by atoms with E-state index in [-0.39, 0.29) is 5.91 Å². The van der Waals surface area contributed by atoms with Gasteiger partial charge in [-0.2, -0.15) is 0 Å². The summed E-state index contributed by atoms with van der Waals surface area (Å²) in [6.07, 6.45) is 0.924. The molecular weight excluding hydrogens is 232 g/mol. The van der Waals surface area contributed by atoms with Crippen molar-refractivity contribution in [3.8, 4) is 10.4 Å². The van der Waals surface area contributed by atoms with E-state index < -0.39 is 0 Å². The van der Waals surface area contributed by atoms with Crippen LogP contribution in [0.4, 0.5) is 5.69 Å². The van der Waals surface area contributed by atoms with E-state index in [4.69, 9.17) is 5.73 Å². The molecule has 86 valence electrons. The second-order valence-corrected chi connectivity index (χ2v) is 5.10. The van der Waals surface area contributed by atoms with Crippen molar-refractivity contribution in [3.63, 3.8) is 0 Å². The molecule has 3 nitrogen and oxygen atoms in total. The first kappa shape index (κ1) is 10.4. The van der Waals surface area contributed by atoms with E-state index in [1.807, 2.05) is 18.2 Å². The average Bonchev–Trinajstić information content (AvgIpc) is 2.67. The van der Waals surface area contributed by atoms with Crippen LogP contribution >= 0.6 is 11.3 Å². The van der Waals surface area contributed by atoms with Gasteiger partial charge in [-0.25, -0.2) is 0 Å². The number of hydrogen-bond donors (Lipinski definition) is 2. The number of para-hydroxylation sites is 1. The lowest BCUT2D eigenvalue weighted by atomic mass is 10.1. The van der Waals surface area contributed by atoms with E-state index in [1.165, 1.54) is 21.8 Å². The molecule has 1 aliphatic heterocycles. The Balaban J connectivity index is 2.21. The van der Waals surface area contributed by atoms with Crippen LogP contribution in [0.2, 0.25) is 0 Å². The third-order valence-electron chi connectivity index (χ3n) is 2.93. The fraction of sp³-hybridized carbons (Fsp3) is 0.154. The molecular formula is C13H12N2OS. The van der Waals surface area contributed by atoms with E-state index in [0.29, 0.717) is 4.88 Å². The molecule has 0 saturated heterocycles. The Bertz CT molecular complexity index is 589. The van der Waals surface area contributed by atoms with Gasteiger partial charge in [-0.05, 0) is 24.1 Å². The van der Waals surface area contributed by atoms with Gasteiger partial charge in [0.15, 0.2) is 0 Å². The topological polar surface area (TPSA) is 55.1 Å². The van der Waals surface area contributed by atoms with Gasteiger partial charge in [-0.1, -0.05) is 18.2 Å². The van der Waals surface area contributed by atoms with Gasteiger partial charge in [-0.15, -0.1) is 11.3 Å². The summed E-state index contributed by atoms with van der Waals surface area (Å²) in [6.45, 7) is 0.888. The molecule has 3 N–H and O–H groups in total. The van der Waals surface area contributed by atoms with Crippen molar-refractivity contribution < 1.29 is 4.79 Å². The smallest absolute Gasteiger partial charge is 0.258 e. The van der Waals surface area contributed by atoms with Gasteiger partial charge in [0.05, 0.1) is 4.88 Å². The average molecular weight is 244 g/mol. The Morgan fingerprint density at radius 3 is 3.00 bits per heavy atom. The van der Waals surface area contributed by atoms with Crippen LogP contribution in [0.3, 0.4) is 0 Å². The summed E-state index contributed by atoms with van der Waals surface area (Å²) < 4.78 is 0. The molecule has 0 fully saturated rings. The first-order valence-corrected chi connectivity index (χ1v) is 6.33. The predicted octanol–water partition coefficient (Wildman–Crippen LogP) is 2.48. The summed E-state index contributed by atoms with van der Waals surface area (Å²) in [6, 6.07) is 10.1. The van der Waals surface area contributed by atoms with Gasteiger partial charge in [0, 0.05) is 22.7 Å². The van der Waals surface area contributed by atoms with Gasteiger partial charge in [0.25, 0.3) is 5.91 Å². The van der Waals surface area contributed by atoms with Crippen molar-refractivity contribution in [2.75, 3.05) is 11.9 Å². The van der Waals surface area contributed by atoms with Crippen molar-refractivity contribution in [1.82, 2.24) is 0 Å². The van der Waals surface area contributed by atoms with Crippen LogP contribution in [-0.2, 0) is 6.42 Å².